The minimum absolute atomic E-state index is 0.00491. The summed E-state index contributed by atoms with van der Waals surface area (Å²) in [5.74, 6) is -1.01. The van der Waals surface area contributed by atoms with E-state index >= 15 is 0 Å². The maximum Gasteiger partial charge on any atom is 0.308 e. The van der Waals surface area contributed by atoms with E-state index in [1.165, 1.54) is 0 Å². The number of likely N-dealkylation sites (tertiary alicyclic amines) is 1. The minimum atomic E-state index is -0.708. The van der Waals surface area contributed by atoms with E-state index in [4.69, 9.17) is 0 Å². The zero-order valence-electron chi connectivity index (χ0n) is 11.9. The van der Waals surface area contributed by atoms with Gasteiger partial charge in [0, 0.05) is 33.5 Å². The number of hydrogen-bond acceptors (Lipinski definition) is 2. The molecule has 1 aromatic carbocycles. The van der Waals surface area contributed by atoms with Gasteiger partial charge < -0.3 is 5.11 Å². The Morgan fingerprint density at radius 3 is 2.40 bits per heavy atom. The number of rotatable bonds is 2. The Bertz CT molecular complexity index is 525. The molecule has 1 N–H and O–H groups in total. The first-order chi connectivity index (χ1) is 9.20. The number of aliphatic carboxylic acids is 1. The predicted octanol–water partition coefficient (Wildman–Crippen LogP) is 4.11. The van der Waals surface area contributed by atoms with Crippen molar-refractivity contribution in [1.82, 2.24) is 4.90 Å². The molecule has 2 atom stereocenters. The minimum Gasteiger partial charge on any atom is -0.481 e. The van der Waals surface area contributed by atoms with Crippen molar-refractivity contribution in [2.75, 3.05) is 13.1 Å². The highest BCUT2D eigenvalue weighted by molar-refractivity contribution is 9.13. The second kappa shape index (κ2) is 5.78. The van der Waals surface area contributed by atoms with E-state index in [1.807, 2.05) is 18.2 Å². The molecule has 0 bridgehead atoms. The Labute approximate surface area is 136 Å². The first-order valence-electron chi connectivity index (χ1n) is 6.63. The number of halogens is 2. The molecule has 0 aliphatic carbocycles. The lowest BCUT2D eigenvalue weighted by Crippen LogP contribution is -2.40. The first-order valence-corrected chi connectivity index (χ1v) is 8.21. The molecule has 0 spiro atoms. The molecule has 1 fully saturated rings. The van der Waals surface area contributed by atoms with E-state index in [9.17, 15) is 9.90 Å². The molecule has 1 aliphatic rings. The molecular weight excluding hydrogens is 386 g/mol. The average molecular weight is 405 g/mol. The Kier molecular flexibility index (Phi) is 4.62. The largest absolute Gasteiger partial charge is 0.481 e. The molecule has 5 heteroatoms. The molecule has 20 heavy (non-hydrogen) atoms. The van der Waals surface area contributed by atoms with Crippen LogP contribution in [0.2, 0.25) is 0 Å². The molecule has 0 saturated carbocycles. The molecule has 1 aliphatic heterocycles. The zero-order chi connectivity index (χ0) is 15.1. The number of carboxylic acid groups (broad SMARTS) is 1. The smallest absolute Gasteiger partial charge is 0.308 e. The number of benzene rings is 1. The third-order valence-electron chi connectivity index (χ3n) is 3.96. The van der Waals surface area contributed by atoms with Gasteiger partial charge in [0.15, 0.2) is 0 Å². The van der Waals surface area contributed by atoms with Gasteiger partial charge in [-0.3, -0.25) is 9.69 Å². The number of carbonyl (C=O) groups is 1. The fourth-order valence-corrected chi connectivity index (χ4v) is 3.33. The van der Waals surface area contributed by atoms with Gasteiger partial charge in [0.2, 0.25) is 0 Å². The summed E-state index contributed by atoms with van der Waals surface area (Å²) in [6, 6.07) is 6.01. The van der Waals surface area contributed by atoms with Crippen LogP contribution in [0.15, 0.2) is 27.1 Å². The van der Waals surface area contributed by atoms with Gasteiger partial charge in [0.1, 0.15) is 0 Å². The van der Waals surface area contributed by atoms with Crippen molar-refractivity contribution < 1.29 is 9.90 Å². The zero-order valence-corrected chi connectivity index (χ0v) is 15.0. The summed E-state index contributed by atoms with van der Waals surface area (Å²) >= 11 is 6.95. The van der Waals surface area contributed by atoms with Gasteiger partial charge in [0.05, 0.1) is 5.92 Å². The maximum absolute atomic E-state index is 11.6. The lowest BCUT2D eigenvalue weighted by atomic mass is 9.89. The van der Waals surface area contributed by atoms with Crippen molar-refractivity contribution in [3.8, 4) is 0 Å². The lowest BCUT2D eigenvalue weighted by molar-refractivity contribution is -0.141. The topological polar surface area (TPSA) is 40.5 Å². The van der Waals surface area contributed by atoms with E-state index in [0.29, 0.717) is 6.54 Å². The summed E-state index contributed by atoms with van der Waals surface area (Å²) < 4.78 is 1.95. The lowest BCUT2D eigenvalue weighted by Gasteiger charge is -2.31. The van der Waals surface area contributed by atoms with Gasteiger partial charge >= 0.3 is 5.97 Å². The van der Waals surface area contributed by atoms with Crippen molar-refractivity contribution in [1.29, 1.82) is 0 Å². The van der Waals surface area contributed by atoms with Crippen LogP contribution >= 0.6 is 31.9 Å². The van der Waals surface area contributed by atoms with Crippen molar-refractivity contribution in [3.05, 3.63) is 32.7 Å². The molecule has 0 amide bonds. The SMILES string of the molecule is CC(C)(C)N1C[C@H](C(=O)O)[C@@H](c2ccc(Br)c(Br)c2)C1. The van der Waals surface area contributed by atoms with Crippen LogP contribution in [0.3, 0.4) is 0 Å². The van der Waals surface area contributed by atoms with Crippen LogP contribution in [0.5, 0.6) is 0 Å². The molecule has 1 saturated heterocycles. The molecule has 110 valence electrons. The van der Waals surface area contributed by atoms with Crippen LogP contribution in [0, 0.1) is 5.92 Å². The average Bonchev–Trinajstić information content (AvgIpc) is 2.77. The van der Waals surface area contributed by atoms with Gasteiger partial charge in [-0.05, 0) is 70.3 Å². The standard InChI is InChI=1S/C15H19Br2NO2/c1-15(2,3)18-7-10(11(8-18)14(19)20)9-4-5-12(16)13(17)6-9/h4-6,10-11H,7-8H2,1-3H3,(H,19,20)/t10-,11+/m1/s1. The molecule has 0 radical (unpaired) electrons. The molecule has 3 nitrogen and oxygen atoms in total. The van der Waals surface area contributed by atoms with Crippen LogP contribution < -0.4 is 0 Å². The molecule has 0 unspecified atom stereocenters. The van der Waals surface area contributed by atoms with Crippen molar-refractivity contribution >= 4 is 37.8 Å². The Hall–Kier alpha value is -0.390. The third kappa shape index (κ3) is 3.26. The first kappa shape index (κ1) is 16.0. The Morgan fingerprint density at radius 1 is 1.25 bits per heavy atom. The van der Waals surface area contributed by atoms with Crippen LogP contribution in [0.25, 0.3) is 0 Å². The molecule has 2 rings (SSSR count). The van der Waals surface area contributed by atoms with Gasteiger partial charge in [-0.15, -0.1) is 0 Å². The fraction of sp³-hybridized carbons (Fsp3) is 0.533. The number of carboxylic acids is 1. The van der Waals surface area contributed by atoms with Crippen molar-refractivity contribution in [2.45, 2.75) is 32.2 Å². The van der Waals surface area contributed by atoms with E-state index in [1.54, 1.807) is 0 Å². The fourth-order valence-electron chi connectivity index (χ4n) is 2.68. The van der Waals surface area contributed by atoms with Gasteiger partial charge in [-0.25, -0.2) is 0 Å². The monoisotopic (exact) mass is 403 g/mol. The van der Waals surface area contributed by atoms with Crippen LogP contribution in [-0.4, -0.2) is 34.6 Å². The Morgan fingerprint density at radius 2 is 1.90 bits per heavy atom. The van der Waals surface area contributed by atoms with E-state index in [0.717, 1.165) is 21.1 Å². The summed E-state index contributed by atoms with van der Waals surface area (Å²) in [7, 11) is 0. The number of hydrogen-bond donors (Lipinski definition) is 1. The quantitative estimate of drug-likeness (QED) is 0.806. The molecule has 1 aromatic rings. The molecule has 1 heterocycles. The third-order valence-corrected chi connectivity index (χ3v) is 5.84. The van der Waals surface area contributed by atoms with Crippen molar-refractivity contribution in [2.24, 2.45) is 5.92 Å². The second-order valence-corrected chi connectivity index (χ2v) is 8.01. The highest BCUT2D eigenvalue weighted by Crippen LogP contribution is 2.38. The summed E-state index contributed by atoms with van der Waals surface area (Å²) in [6.07, 6.45) is 0. The van der Waals surface area contributed by atoms with Crippen LogP contribution in [-0.2, 0) is 4.79 Å². The Balaban J connectivity index is 2.32. The second-order valence-electron chi connectivity index (χ2n) is 6.30. The normalized spacial score (nSPS) is 24.1. The van der Waals surface area contributed by atoms with E-state index in [2.05, 4.69) is 57.5 Å². The highest BCUT2D eigenvalue weighted by atomic mass is 79.9. The summed E-state index contributed by atoms with van der Waals surface area (Å²) in [6.45, 7) is 7.79. The van der Waals surface area contributed by atoms with Gasteiger partial charge in [-0.2, -0.15) is 0 Å². The van der Waals surface area contributed by atoms with Crippen LogP contribution in [0.4, 0.5) is 0 Å². The summed E-state index contributed by atoms with van der Waals surface area (Å²) in [5.41, 5.74) is 1.08. The molecule has 0 aromatic heterocycles. The summed E-state index contributed by atoms with van der Waals surface area (Å²) in [4.78, 5) is 13.8. The van der Waals surface area contributed by atoms with E-state index in [-0.39, 0.29) is 17.4 Å². The molecular formula is C15H19Br2NO2. The highest BCUT2D eigenvalue weighted by Gasteiger charge is 2.42. The summed E-state index contributed by atoms with van der Waals surface area (Å²) in [5, 5.41) is 9.50. The van der Waals surface area contributed by atoms with Gasteiger partial charge in [-0.1, -0.05) is 6.07 Å². The predicted molar refractivity (Wildman–Crippen MR) is 87.0 cm³/mol. The van der Waals surface area contributed by atoms with Crippen molar-refractivity contribution in [3.63, 3.8) is 0 Å². The van der Waals surface area contributed by atoms with E-state index < -0.39 is 5.97 Å². The number of nitrogens with zero attached hydrogens (tertiary/aromatic N) is 1. The maximum atomic E-state index is 11.6. The van der Waals surface area contributed by atoms with Crippen LogP contribution in [0.1, 0.15) is 32.3 Å². The van der Waals surface area contributed by atoms with Gasteiger partial charge in [0.25, 0.3) is 0 Å².